The smallest absolute Gasteiger partial charge is 0.224 e. The Morgan fingerprint density at radius 3 is 2.60 bits per heavy atom. The fourth-order valence-electron chi connectivity index (χ4n) is 1.95. The lowest BCUT2D eigenvalue weighted by Gasteiger charge is -2.06. The van der Waals surface area contributed by atoms with Crippen molar-refractivity contribution in [3.05, 3.63) is 59.7 Å². The number of rotatable bonds is 5. The third-order valence-electron chi connectivity index (χ3n) is 3.11. The standard InChI is InChI=1S/C17H19NO2/c1-13-6-9-15(10-7-13)18-17(19)11-8-14-4-3-5-16(12-14)20-2/h3-7,9-10,12H,8,11H2,1-2H3,(H,18,19). The predicted molar refractivity (Wildman–Crippen MR) is 81.1 cm³/mol. The van der Waals surface area contributed by atoms with Gasteiger partial charge >= 0.3 is 0 Å². The molecule has 0 aliphatic rings. The molecule has 20 heavy (non-hydrogen) atoms. The highest BCUT2D eigenvalue weighted by atomic mass is 16.5. The Labute approximate surface area is 119 Å². The predicted octanol–water partition coefficient (Wildman–Crippen LogP) is 3.57. The molecule has 104 valence electrons. The zero-order valence-electron chi connectivity index (χ0n) is 11.8. The molecule has 0 aliphatic heterocycles. The first-order chi connectivity index (χ1) is 9.67. The maximum absolute atomic E-state index is 11.9. The second-order valence-electron chi connectivity index (χ2n) is 4.77. The van der Waals surface area contributed by atoms with Crippen molar-refractivity contribution < 1.29 is 9.53 Å². The summed E-state index contributed by atoms with van der Waals surface area (Å²) in [5, 5.41) is 2.90. The summed E-state index contributed by atoms with van der Waals surface area (Å²) < 4.78 is 5.17. The number of ether oxygens (including phenoxy) is 1. The van der Waals surface area contributed by atoms with E-state index in [0.717, 1.165) is 17.0 Å². The first-order valence-corrected chi connectivity index (χ1v) is 6.67. The van der Waals surface area contributed by atoms with Crippen LogP contribution in [0.25, 0.3) is 0 Å². The van der Waals surface area contributed by atoms with Gasteiger partial charge in [0.2, 0.25) is 5.91 Å². The molecule has 1 amide bonds. The molecule has 2 aromatic rings. The van der Waals surface area contributed by atoms with Gasteiger partial charge in [0.05, 0.1) is 7.11 Å². The number of anilines is 1. The van der Waals surface area contributed by atoms with Crippen LogP contribution in [-0.4, -0.2) is 13.0 Å². The summed E-state index contributed by atoms with van der Waals surface area (Å²) in [6.45, 7) is 2.02. The van der Waals surface area contributed by atoms with Crippen LogP contribution in [0.4, 0.5) is 5.69 Å². The second kappa shape index (κ2) is 6.75. The second-order valence-corrected chi connectivity index (χ2v) is 4.77. The van der Waals surface area contributed by atoms with Crippen molar-refractivity contribution in [3.8, 4) is 5.75 Å². The highest BCUT2D eigenvalue weighted by Crippen LogP contribution is 2.14. The van der Waals surface area contributed by atoms with Gasteiger partial charge in [-0.2, -0.15) is 0 Å². The molecule has 0 aliphatic carbocycles. The Bertz CT molecular complexity index is 576. The van der Waals surface area contributed by atoms with Crippen LogP contribution in [0.2, 0.25) is 0 Å². The molecule has 0 bridgehead atoms. The molecule has 0 spiro atoms. The number of aryl methyl sites for hydroxylation is 2. The van der Waals surface area contributed by atoms with E-state index in [0.29, 0.717) is 12.8 Å². The molecule has 2 aromatic carbocycles. The molecule has 0 aromatic heterocycles. The Morgan fingerprint density at radius 1 is 1.15 bits per heavy atom. The fourth-order valence-corrected chi connectivity index (χ4v) is 1.95. The van der Waals surface area contributed by atoms with E-state index in [-0.39, 0.29) is 5.91 Å². The van der Waals surface area contributed by atoms with E-state index in [9.17, 15) is 4.79 Å². The number of carbonyl (C=O) groups excluding carboxylic acids is 1. The molecule has 0 heterocycles. The molecule has 0 saturated heterocycles. The van der Waals surface area contributed by atoms with Gasteiger partial charge in [-0.1, -0.05) is 29.8 Å². The molecule has 2 rings (SSSR count). The molecular formula is C17H19NO2. The van der Waals surface area contributed by atoms with Gasteiger partial charge in [0.15, 0.2) is 0 Å². The number of carbonyl (C=O) groups is 1. The summed E-state index contributed by atoms with van der Waals surface area (Å²) in [6.07, 6.45) is 1.16. The van der Waals surface area contributed by atoms with Gasteiger partial charge in [-0.3, -0.25) is 4.79 Å². The number of methoxy groups -OCH3 is 1. The van der Waals surface area contributed by atoms with E-state index < -0.39 is 0 Å². The van der Waals surface area contributed by atoms with Crippen LogP contribution in [0.15, 0.2) is 48.5 Å². The number of amides is 1. The summed E-state index contributed by atoms with van der Waals surface area (Å²) in [7, 11) is 1.64. The minimum absolute atomic E-state index is 0.0247. The average molecular weight is 269 g/mol. The minimum Gasteiger partial charge on any atom is -0.497 e. The molecule has 3 nitrogen and oxygen atoms in total. The zero-order chi connectivity index (χ0) is 14.4. The van der Waals surface area contributed by atoms with Crippen LogP contribution in [0.5, 0.6) is 5.75 Å². The van der Waals surface area contributed by atoms with Crippen LogP contribution in [0.1, 0.15) is 17.5 Å². The topological polar surface area (TPSA) is 38.3 Å². The fraction of sp³-hybridized carbons (Fsp3) is 0.235. The highest BCUT2D eigenvalue weighted by Gasteiger charge is 2.04. The molecule has 3 heteroatoms. The quantitative estimate of drug-likeness (QED) is 0.901. The normalized spacial score (nSPS) is 10.1. The van der Waals surface area contributed by atoms with Crippen molar-refractivity contribution in [2.45, 2.75) is 19.8 Å². The van der Waals surface area contributed by atoms with Crippen molar-refractivity contribution in [2.24, 2.45) is 0 Å². The lowest BCUT2D eigenvalue weighted by Crippen LogP contribution is -2.12. The molecule has 0 fully saturated rings. The number of hydrogen-bond donors (Lipinski definition) is 1. The van der Waals surface area contributed by atoms with E-state index in [1.54, 1.807) is 7.11 Å². The van der Waals surface area contributed by atoms with E-state index in [4.69, 9.17) is 4.74 Å². The lowest BCUT2D eigenvalue weighted by molar-refractivity contribution is -0.116. The van der Waals surface area contributed by atoms with Crippen molar-refractivity contribution in [2.75, 3.05) is 12.4 Å². The van der Waals surface area contributed by atoms with Crippen LogP contribution in [0, 0.1) is 6.92 Å². The third-order valence-corrected chi connectivity index (χ3v) is 3.11. The number of hydrogen-bond acceptors (Lipinski definition) is 2. The first-order valence-electron chi connectivity index (χ1n) is 6.67. The minimum atomic E-state index is 0.0247. The summed E-state index contributed by atoms with van der Waals surface area (Å²) in [6, 6.07) is 15.6. The molecular weight excluding hydrogens is 250 g/mol. The van der Waals surface area contributed by atoms with Crippen molar-refractivity contribution in [3.63, 3.8) is 0 Å². The molecule has 0 saturated carbocycles. The molecule has 0 radical (unpaired) electrons. The maximum atomic E-state index is 11.9. The Hall–Kier alpha value is -2.29. The van der Waals surface area contributed by atoms with Crippen molar-refractivity contribution in [1.82, 2.24) is 0 Å². The maximum Gasteiger partial charge on any atom is 0.224 e. The monoisotopic (exact) mass is 269 g/mol. The summed E-state index contributed by atoms with van der Waals surface area (Å²) in [5.41, 5.74) is 3.12. The largest absolute Gasteiger partial charge is 0.497 e. The van der Waals surface area contributed by atoms with Gasteiger partial charge in [-0.15, -0.1) is 0 Å². The SMILES string of the molecule is COc1cccc(CCC(=O)Nc2ccc(C)cc2)c1. The Kier molecular flexibility index (Phi) is 4.77. The van der Waals surface area contributed by atoms with Crippen LogP contribution < -0.4 is 10.1 Å². The van der Waals surface area contributed by atoms with E-state index in [1.807, 2.05) is 55.5 Å². The Morgan fingerprint density at radius 2 is 1.90 bits per heavy atom. The first kappa shape index (κ1) is 14.1. The molecule has 0 unspecified atom stereocenters. The van der Waals surface area contributed by atoms with Crippen molar-refractivity contribution >= 4 is 11.6 Å². The highest BCUT2D eigenvalue weighted by molar-refractivity contribution is 5.90. The van der Waals surface area contributed by atoms with Gasteiger partial charge < -0.3 is 10.1 Å². The lowest BCUT2D eigenvalue weighted by atomic mass is 10.1. The molecule has 1 N–H and O–H groups in total. The van der Waals surface area contributed by atoms with Gasteiger partial charge in [0.1, 0.15) is 5.75 Å². The zero-order valence-corrected chi connectivity index (χ0v) is 11.8. The summed E-state index contributed by atoms with van der Waals surface area (Å²) in [4.78, 5) is 11.9. The number of nitrogens with one attached hydrogen (secondary N) is 1. The van der Waals surface area contributed by atoms with Gasteiger partial charge in [-0.05, 0) is 43.2 Å². The van der Waals surface area contributed by atoms with Gasteiger partial charge in [0.25, 0.3) is 0 Å². The van der Waals surface area contributed by atoms with Crippen molar-refractivity contribution in [1.29, 1.82) is 0 Å². The number of benzene rings is 2. The van der Waals surface area contributed by atoms with Crippen LogP contribution in [-0.2, 0) is 11.2 Å². The van der Waals surface area contributed by atoms with E-state index in [1.165, 1.54) is 5.56 Å². The van der Waals surface area contributed by atoms with Gasteiger partial charge in [0, 0.05) is 12.1 Å². The third kappa shape index (κ3) is 4.12. The molecule has 0 atom stereocenters. The van der Waals surface area contributed by atoms with Crippen LogP contribution in [0.3, 0.4) is 0 Å². The Balaban J connectivity index is 1.87. The summed E-state index contributed by atoms with van der Waals surface area (Å²) in [5.74, 6) is 0.845. The van der Waals surface area contributed by atoms with Gasteiger partial charge in [-0.25, -0.2) is 0 Å². The van der Waals surface area contributed by atoms with E-state index in [2.05, 4.69) is 5.32 Å². The average Bonchev–Trinajstić information content (AvgIpc) is 2.48. The summed E-state index contributed by atoms with van der Waals surface area (Å²) >= 11 is 0. The van der Waals surface area contributed by atoms with E-state index >= 15 is 0 Å². The van der Waals surface area contributed by atoms with Crippen LogP contribution >= 0.6 is 0 Å².